The first-order valence-corrected chi connectivity index (χ1v) is 4.23. The van der Waals surface area contributed by atoms with Crippen LogP contribution in [0.2, 0.25) is 0 Å². The Morgan fingerprint density at radius 2 is 2.09 bits per heavy atom. The second-order valence-electron chi connectivity index (χ2n) is 3.76. The zero-order valence-corrected chi connectivity index (χ0v) is 7.38. The van der Waals surface area contributed by atoms with Crippen LogP contribution < -0.4 is 5.73 Å². The Morgan fingerprint density at radius 1 is 1.55 bits per heavy atom. The van der Waals surface area contributed by atoms with E-state index in [4.69, 9.17) is 5.73 Å². The van der Waals surface area contributed by atoms with Gasteiger partial charge in [0.1, 0.15) is 0 Å². The molecule has 1 aliphatic rings. The van der Waals surface area contributed by atoms with Gasteiger partial charge in [0.2, 0.25) is 0 Å². The highest BCUT2D eigenvalue weighted by molar-refractivity contribution is 4.97. The Morgan fingerprint density at radius 3 is 2.45 bits per heavy atom. The molecule has 3 N–H and O–H groups in total. The van der Waals surface area contributed by atoms with Crippen molar-refractivity contribution in [2.24, 2.45) is 11.7 Å². The number of likely N-dealkylation sites (tertiary alicyclic amines) is 1. The summed E-state index contributed by atoms with van der Waals surface area (Å²) in [6.45, 7) is 7.30. The molecular weight excluding hydrogens is 140 g/mol. The number of hydrogen-bond acceptors (Lipinski definition) is 3. The lowest BCUT2D eigenvalue weighted by Crippen LogP contribution is -2.65. The van der Waals surface area contributed by atoms with E-state index in [1.54, 1.807) is 0 Å². The average Bonchev–Trinajstić information content (AvgIpc) is 1.84. The van der Waals surface area contributed by atoms with Crippen molar-refractivity contribution < 1.29 is 5.11 Å². The van der Waals surface area contributed by atoms with Gasteiger partial charge in [0, 0.05) is 26.2 Å². The second kappa shape index (κ2) is 3.09. The van der Waals surface area contributed by atoms with Crippen LogP contribution in [0.4, 0.5) is 0 Å². The van der Waals surface area contributed by atoms with Crippen molar-refractivity contribution in [1.29, 1.82) is 0 Å². The van der Waals surface area contributed by atoms with Gasteiger partial charge in [-0.25, -0.2) is 0 Å². The Labute approximate surface area is 68.2 Å². The number of nitrogens with zero attached hydrogens (tertiary/aromatic N) is 1. The highest BCUT2D eigenvalue weighted by Gasteiger charge is 2.42. The Hall–Kier alpha value is -0.120. The Bertz CT molecular complexity index is 130. The van der Waals surface area contributed by atoms with Gasteiger partial charge < -0.3 is 10.8 Å². The number of β-amino-alcohol motifs (C(OH)–C–C–N with tert-alkyl or cyclic N) is 1. The second-order valence-corrected chi connectivity index (χ2v) is 3.76. The van der Waals surface area contributed by atoms with E-state index in [0.717, 1.165) is 19.6 Å². The molecule has 0 radical (unpaired) electrons. The smallest absolute Gasteiger partial charge is 0.0922 e. The minimum Gasteiger partial charge on any atom is -0.387 e. The van der Waals surface area contributed by atoms with Crippen LogP contribution in [-0.2, 0) is 0 Å². The lowest BCUT2D eigenvalue weighted by atomic mass is 9.83. The van der Waals surface area contributed by atoms with Gasteiger partial charge in [-0.2, -0.15) is 0 Å². The SMILES string of the molecule is CC(C)C1(O)CN(CCN)C1. The van der Waals surface area contributed by atoms with Crippen LogP contribution in [0.1, 0.15) is 13.8 Å². The molecule has 1 heterocycles. The molecule has 0 bridgehead atoms. The van der Waals surface area contributed by atoms with Crippen LogP contribution in [0.15, 0.2) is 0 Å². The fourth-order valence-corrected chi connectivity index (χ4v) is 1.43. The summed E-state index contributed by atoms with van der Waals surface area (Å²) in [5.74, 6) is 0.358. The van der Waals surface area contributed by atoms with Crippen molar-refractivity contribution in [1.82, 2.24) is 4.90 Å². The van der Waals surface area contributed by atoms with Gasteiger partial charge in [0.25, 0.3) is 0 Å². The molecule has 0 amide bonds. The van der Waals surface area contributed by atoms with E-state index in [9.17, 15) is 5.11 Å². The summed E-state index contributed by atoms with van der Waals surface area (Å²) >= 11 is 0. The monoisotopic (exact) mass is 158 g/mol. The first kappa shape index (κ1) is 8.97. The van der Waals surface area contributed by atoms with Crippen molar-refractivity contribution in [2.45, 2.75) is 19.4 Å². The van der Waals surface area contributed by atoms with Gasteiger partial charge in [-0.1, -0.05) is 13.8 Å². The molecule has 0 atom stereocenters. The molecule has 0 saturated carbocycles. The largest absolute Gasteiger partial charge is 0.387 e. The normalized spacial score (nSPS) is 23.7. The molecular formula is C8H18N2O. The summed E-state index contributed by atoms with van der Waals surface area (Å²) in [4.78, 5) is 2.18. The van der Waals surface area contributed by atoms with Gasteiger partial charge in [-0.3, -0.25) is 4.90 Å². The standard InChI is InChI=1S/C8H18N2O/c1-7(2)8(11)5-10(6-8)4-3-9/h7,11H,3-6,9H2,1-2H3. The van der Waals surface area contributed by atoms with E-state index < -0.39 is 5.60 Å². The molecule has 1 fully saturated rings. The summed E-state index contributed by atoms with van der Waals surface area (Å²) in [7, 11) is 0. The highest BCUT2D eigenvalue weighted by Crippen LogP contribution is 2.27. The minimum absolute atomic E-state index is 0.358. The lowest BCUT2D eigenvalue weighted by molar-refractivity contribution is -0.126. The molecule has 0 aromatic carbocycles. The molecule has 11 heavy (non-hydrogen) atoms. The molecule has 0 aliphatic carbocycles. The lowest BCUT2D eigenvalue weighted by Gasteiger charge is -2.49. The first-order chi connectivity index (χ1) is 5.08. The molecule has 1 rings (SSSR count). The zero-order chi connectivity index (χ0) is 8.48. The Kier molecular flexibility index (Phi) is 2.52. The van der Waals surface area contributed by atoms with Gasteiger partial charge >= 0.3 is 0 Å². The van der Waals surface area contributed by atoms with E-state index in [0.29, 0.717) is 12.5 Å². The number of rotatable bonds is 3. The third-order valence-electron chi connectivity index (χ3n) is 2.51. The molecule has 66 valence electrons. The van der Waals surface area contributed by atoms with Crippen LogP contribution in [-0.4, -0.2) is 41.8 Å². The molecule has 1 saturated heterocycles. The molecule has 0 unspecified atom stereocenters. The maximum atomic E-state index is 9.80. The summed E-state index contributed by atoms with van der Waals surface area (Å²) in [5, 5.41) is 9.80. The van der Waals surface area contributed by atoms with E-state index in [-0.39, 0.29) is 0 Å². The fourth-order valence-electron chi connectivity index (χ4n) is 1.43. The summed E-state index contributed by atoms with van der Waals surface area (Å²) in [5.41, 5.74) is 4.94. The third kappa shape index (κ3) is 1.72. The van der Waals surface area contributed by atoms with Crippen LogP contribution in [0.25, 0.3) is 0 Å². The predicted molar refractivity (Wildman–Crippen MR) is 45.3 cm³/mol. The fraction of sp³-hybridized carbons (Fsp3) is 1.00. The van der Waals surface area contributed by atoms with Crippen LogP contribution in [0, 0.1) is 5.92 Å². The zero-order valence-electron chi connectivity index (χ0n) is 7.38. The molecule has 0 spiro atoms. The van der Waals surface area contributed by atoms with Crippen molar-refractivity contribution in [3.63, 3.8) is 0 Å². The van der Waals surface area contributed by atoms with Crippen molar-refractivity contribution in [3.8, 4) is 0 Å². The van der Waals surface area contributed by atoms with E-state index in [1.807, 2.05) is 0 Å². The van der Waals surface area contributed by atoms with Gasteiger partial charge in [-0.15, -0.1) is 0 Å². The van der Waals surface area contributed by atoms with Crippen LogP contribution in [0.5, 0.6) is 0 Å². The molecule has 1 aliphatic heterocycles. The number of aliphatic hydroxyl groups is 1. The molecule has 0 aromatic rings. The van der Waals surface area contributed by atoms with Crippen LogP contribution >= 0.6 is 0 Å². The van der Waals surface area contributed by atoms with Gasteiger partial charge in [0.15, 0.2) is 0 Å². The topological polar surface area (TPSA) is 49.5 Å². The quantitative estimate of drug-likeness (QED) is 0.590. The summed E-state index contributed by atoms with van der Waals surface area (Å²) < 4.78 is 0. The molecule has 0 aromatic heterocycles. The van der Waals surface area contributed by atoms with Gasteiger partial charge in [-0.05, 0) is 5.92 Å². The molecule has 3 heteroatoms. The summed E-state index contributed by atoms with van der Waals surface area (Å²) in [6, 6.07) is 0. The first-order valence-electron chi connectivity index (χ1n) is 4.23. The van der Waals surface area contributed by atoms with Crippen molar-refractivity contribution in [2.75, 3.05) is 26.2 Å². The summed E-state index contributed by atoms with van der Waals surface area (Å²) in [6.07, 6.45) is 0. The maximum Gasteiger partial charge on any atom is 0.0922 e. The van der Waals surface area contributed by atoms with E-state index in [2.05, 4.69) is 18.7 Å². The van der Waals surface area contributed by atoms with Crippen LogP contribution in [0.3, 0.4) is 0 Å². The predicted octanol–water partition coefficient (Wildman–Crippen LogP) is -0.352. The molecule has 3 nitrogen and oxygen atoms in total. The average molecular weight is 158 g/mol. The number of hydrogen-bond donors (Lipinski definition) is 2. The van der Waals surface area contributed by atoms with Crippen molar-refractivity contribution >= 4 is 0 Å². The van der Waals surface area contributed by atoms with Gasteiger partial charge in [0.05, 0.1) is 5.60 Å². The maximum absolute atomic E-state index is 9.80. The van der Waals surface area contributed by atoms with Crippen molar-refractivity contribution in [3.05, 3.63) is 0 Å². The number of nitrogens with two attached hydrogens (primary N) is 1. The minimum atomic E-state index is -0.435. The Balaban J connectivity index is 2.26. The highest BCUT2D eigenvalue weighted by atomic mass is 16.3. The van der Waals surface area contributed by atoms with E-state index >= 15 is 0 Å². The van der Waals surface area contributed by atoms with E-state index in [1.165, 1.54) is 0 Å². The third-order valence-corrected chi connectivity index (χ3v) is 2.51.